The molecule has 3 rings (SSSR count). The van der Waals surface area contributed by atoms with Gasteiger partial charge in [-0.2, -0.15) is 5.26 Å². The van der Waals surface area contributed by atoms with E-state index >= 15 is 0 Å². The molecule has 0 bridgehead atoms. The van der Waals surface area contributed by atoms with E-state index in [0.29, 0.717) is 16.8 Å². The highest BCUT2D eigenvalue weighted by Crippen LogP contribution is 2.19. The van der Waals surface area contributed by atoms with Crippen LogP contribution in [0.5, 0.6) is 0 Å². The first-order valence-electron chi connectivity index (χ1n) is 9.42. The minimum atomic E-state index is -3.77. The summed E-state index contributed by atoms with van der Waals surface area (Å²) in [5.74, 6) is -0.170. The van der Waals surface area contributed by atoms with E-state index in [4.69, 9.17) is 5.26 Å². The van der Waals surface area contributed by atoms with Gasteiger partial charge in [0.25, 0.3) is 15.9 Å². The topological polar surface area (TPSA) is 99.1 Å². The fraction of sp³-hybridized carbons (Fsp3) is 0.333. The zero-order valence-corrected chi connectivity index (χ0v) is 16.3. The molecule has 0 spiro atoms. The van der Waals surface area contributed by atoms with Crippen LogP contribution in [-0.4, -0.2) is 20.4 Å². The second-order valence-corrected chi connectivity index (χ2v) is 8.66. The lowest BCUT2D eigenvalue weighted by molar-refractivity contribution is 0.0933. The van der Waals surface area contributed by atoms with Crippen molar-refractivity contribution in [3.05, 3.63) is 59.7 Å². The van der Waals surface area contributed by atoms with Gasteiger partial charge < -0.3 is 5.32 Å². The summed E-state index contributed by atoms with van der Waals surface area (Å²) >= 11 is 0. The first-order chi connectivity index (χ1) is 13.5. The lowest BCUT2D eigenvalue weighted by Gasteiger charge is -2.16. The molecule has 0 unspecified atom stereocenters. The summed E-state index contributed by atoms with van der Waals surface area (Å²) in [5, 5.41) is 11.9. The van der Waals surface area contributed by atoms with E-state index in [1.54, 1.807) is 12.1 Å². The zero-order valence-electron chi connectivity index (χ0n) is 15.5. The van der Waals surface area contributed by atoms with Gasteiger partial charge in [-0.1, -0.05) is 25.7 Å². The molecule has 1 saturated carbocycles. The highest BCUT2D eigenvalue weighted by atomic mass is 32.2. The van der Waals surface area contributed by atoms with Crippen molar-refractivity contribution in [1.82, 2.24) is 5.32 Å². The molecule has 1 amide bonds. The van der Waals surface area contributed by atoms with Crippen molar-refractivity contribution < 1.29 is 13.2 Å². The van der Waals surface area contributed by atoms with Crippen LogP contribution in [0.4, 0.5) is 5.69 Å². The van der Waals surface area contributed by atoms with Crippen LogP contribution in [0.15, 0.2) is 53.4 Å². The van der Waals surface area contributed by atoms with Crippen molar-refractivity contribution >= 4 is 21.6 Å². The molecule has 1 aliphatic rings. The smallest absolute Gasteiger partial charge is 0.261 e. The molecule has 0 heterocycles. The SMILES string of the molecule is N#Cc1ccc(NS(=O)(=O)c2ccc(C(=O)NC3CCCCCC3)cc2)cc1. The Kier molecular flexibility index (Phi) is 6.32. The van der Waals surface area contributed by atoms with Crippen LogP contribution in [0.25, 0.3) is 0 Å². The molecule has 0 saturated heterocycles. The van der Waals surface area contributed by atoms with Crippen molar-refractivity contribution in [2.24, 2.45) is 0 Å². The number of hydrogen-bond acceptors (Lipinski definition) is 4. The Hall–Kier alpha value is -2.85. The Morgan fingerprint density at radius 1 is 0.929 bits per heavy atom. The Labute approximate surface area is 165 Å². The summed E-state index contributed by atoms with van der Waals surface area (Å²) in [5.41, 5.74) is 1.27. The summed E-state index contributed by atoms with van der Waals surface area (Å²) in [6, 6.07) is 14.2. The number of rotatable bonds is 5. The zero-order chi connectivity index (χ0) is 20.0. The maximum Gasteiger partial charge on any atom is 0.261 e. The maximum absolute atomic E-state index is 12.5. The van der Waals surface area contributed by atoms with E-state index in [1.165, 1.54) is 49.2 Å². The fourth-order valence-corrected chi connectivity index (χ4v) is 4.36. The molecular weight excluding hydrogens is 374 g/mol. The predicted octanol–water partition coefficient (Wildman–Crippen LogP) is 3.81. The molecule has 7 heteroatoms. The number of nitrogens with zero attached hydrogens (tertiary/aromatic N) is 1. The number of benzene rings is 2. The van der Waals surface area contributed by atoms with Gasteiger partial charge in [0.1, 0.15) is 0 Å². The Morgan fingerprint density at radius 2 is 1.54 bits per heavy atom. The molecule has 1 aliphatic carbocycles. The maximum atomic E-state index is 12.5. The first kappa shape index (κ1) is 19.9. The van der Waals surface area contributed by atoms with Crippen molar-refractivity contribution in [3.8, 4) is 6.07 Å². The molecule has 0 radical (unpaired) electrons. The molecule has 28 heavy (non-hydrogen) atoms. The third kappa shape index (κ3) is 5.11. The van der Waals surface area contributed by atoms with Gasteiger partial charge in [0.15, 0.2) is 0 Å². The minimum absolute atomic E-state index is 0.0721. The summed E-state index contributed by atoms with van der Waals surface area (Å²) in [7, 11) is -3.77. The number of sulfonamides is 1. The molecular formula is C21H23N3O3S. The van der Waals surface area contributed by atoms with Crippen molar-refractivity contribution in [2.75, 3.05) is 4.72 Å². The van der Waals surface area contributed by atoms with Crippen molar-refractivity contribution in [2.45, 2.75) is 49.5 Å². The standard InChI is InChI=1S/C21H23N3O3S/c22-15-16-7-11-19(12-8-16)24-28(26,27)20-13-9-17(10-14-20)21(25)23-18-5-3-1-2-4-6-18/h7-14,18,24H,1-6H2,(H,23,25). The van der Waals surface area contributed by atoms with Crippen LogP contribution in [0.2, 0.25) is 0 Å². The van der Waals surface area contributed by atoms with Gasteiger partial charge >= 0.3 is 0 Å². The van der Waals surface area contributed by atoms with Gasteiger partial charge in [-0.25, -0.2) is 8.42 Å². The van der Waals surface area contributed by atoms with E-state index in [9.17, 15) is 13.2 Å². The average molecular weight is 398 g/mol. The number of nitriles is 1. The van der Waals surface area contributed by atoms with E-state index in [0.717, 1.165) is 25.7 Å². The second-order valence-electron chi connectivity index (χ2n) is 6.98. The highest BCUT2D eigenvalue weighted by Gasteiger charge is 2.18. The van der Waals surface area contributed by atoms with Crippen LogP contribution < -0.4 is 10.0 Å². The third-order valence-corrected chi connectivity index (χ3v) is 6.28. The number of carbonyl (C=O) groups is 1. The molecule has 1 fully saturated rings. The van der Waals surface area contributed by atoms with Gasteiger partial charge in [0, 0.05) is 17.3 Å². The molecule has 0 atom stereocenters. The lowest BCUT2D eigenvalue weighted by atomic mass is 10.1. The summed E-state index contributed by atoms with van der Waals surface area (Å²) in [6.45, 7) is 0. The minimum Gasteiger partial charge on any atom is -0.349 e. The Morgan fingerprint density at radius 3 is 2.11 bits per heavy atom. The molecule has 0 aromatic heterocycles. The first-order valence-corrected chi connectivity index (χ1v) is 10.9. The number of anilines is 1. The lowest BCUT2D eigenvalue weighted by Crippen LogP contribution is -2.34. The molecule has 2 aromatic rings. The van der Waals surface area contributed by atoms with E-state index < -0.39 is 10.0 Å². The number of carbonyl (C=O) groups excluding carboxylic acids is 1. The molecule has 6 nitrogen and oxygen atoms in total. The Bertz CT molecular complexity index is 953. The number of nitrogens with one attached hydrogen (secondary N) is 2. The van der Waals surface area contributed by atoms with E-state index in [2.05, 4.69) is 10.0 Å². The summed E-state index contributed by atoms with van der Waals surface area (Å²) < 4.78 is 27.5. The number of hydrogen-bond donors (Lipinski definition) is 2. The fourth-order valence-electron chi connectivity index (χ4n) is 3.30. The largest absolute Gasteiger partial charge is 0.349 e. The van der Waals surface area contributed by atoms with E-state index in [-0.39, 0.29) is 16.8 Å². The van der Waals surface area contributed by atoms with Gasteiger partial charge in [-0.15, -0.1) is 0 Å². The predicted molar refractivity (Wildman–Crippen MR) is 107 cm³/mol. The molecule has 2 N–H and O–H groups in total. The Balaban J connectivity index is 1.66. The van der Waals surface area contributed by atoms with Gasteiger partial charge in [0.05, 0.1) is 16.5 Å². The quantitative estimate of drug-likeness (QED) is 0.749. The van der Waals surface area contributed by atoms with Crippen LogP contribution >= 0.6 is 0 Å². The van der Waals surface area contributed by atoms with Gasteiger partial charge in [0.2, 0.25) is 0 Å². The monoisotopic (exact) mass is 397 g/mol. The average Bonchev–Trinajstić information content (AvgIpc) is 2.97. The highest BCUT2D eigenvalue weighted by molar-refractivity contribution is 7.92. The molecule has 0 aliphatic heterocycles. The molecule has 146 valence electrons. The van der Waals surface area contributed by atoms with Crippen LogP contribution in [0.1, 0.15) is 54.4 Å². The second kappa shape index (κ2) is 8.89. The van der Waals surface area contributed by atoms with Crippen LogP contribution in [-0.2, 0) is 10.0 Å². The third-order valence-electron chi connectivity index (χ3n) is 4.88. The van der Waals surface area contributed by atoms with Crippen molar-refractivity contribution in [3.63, 3.8) is 0 Å². The van der Waals surface area contributed by atoms with Crippen molar-refractivity contribution in [1.29, 1.82) is 5.26 Å². The molecule has 2 aromatic carbocycles. The van der Waals surface area contributed by atoms with E-state index in [1.807, 2.05) is 6.07 Å². The van der Waals surface area contributed by atoms with Crippen LogP contribution in [0, 0.1) is 11.3 Å². The summed E-state index contributed by atoms with van der Waals surface area (Å²) in [6.07, 6.45) is 6.67. The van der Waals surface area contributed by atoms with Crippen LogP contribution in [0.3, 0.4) is 0 Å². The summed E-state index contributed by atoms with van der Waals surface area (Å²) in [4.78, 5) is 12.5. The van der Waals surface area contributed by atoms with Gasteiger partial charge in [-0.05, 0) is 61.4 Å². The normalized spacial score (nSPS) is 15.2. The van der Waals surface area contributed by atoms with Gasteiger partial charge in [-0.3, -0.25) is 9.52 Å². The number of amides is 1.